The third kappa shape index (κ3) is 4.58. The zero-order valence-electron chi connectivity index (χ0n) is 12.6. The Hall–Kier alpha value is -0.810. The van der Waals surface area contributed by atoms with Crippen LogP contribution in [0.3, 0.4) is 0 Å². The van der Waals surface area contributed by atoms with Gasteiger partial charge in [0.25, 0.3) is 0 Å². The van der Waals surface area contributed by atoms with Crippen LogP contribution in [0.1, 0.15) is 18.4 Å². The van der Waals surface area contributed by atoms with Crippen LogP contribution in [0.15, 0.2) is 18.2 Å². The molecule has 21 heavy (non-hydrogen) atoms. The minimum absolute atomic E-state index is 0.293. The van der Waals surface area contributed by atoms with E-state index in [0.29, 0.717) is 19.1 Å². The SMILES string of the molecule is COCCNCc1cccc(Cl)c1N1CCC(CO)CC1. The van der Waals surface area contributed by atoms with Gasteiger partial charge in [-0.15, -0.1) is 0 Å². The Kier molecular flexibility index (Phi) is 6.77. The zero-order valence-corrected chi connectivity index (χ0v) is 13.4. The van der Waals surface area contributed by atoms with E-state index >= 15 is 0 Å². The fraction of sp³-hybridized carbons (Fsp3) is 0.625. The van der Waals surface area contributed by atoms with E-state index < -0.39 is 0 Å². The van der Waals surface area contributed by atoms with Crippen molar-refractivity contribution in [2.24, 2.45) is 5.92 Å². The lowest BCUT2D eigenvalue weighted by atomic mass is 9.97. The van der Waals surface area contributed by atoms with Crippen molar-refractivity contribution in [2.75, 3.05) is 44.9 Å². The van der Waals surface area contributed by atoms with Crippen LogP contribution >= 0.6 is 11.6 Å². The molecule has 0 aliphatic carbocycles. The Morgan fingerprint density at radius 3 is 2.81 bits per heavy atom. The fourth-order valence-electron chi connectivity index (χ4n) is 2.79. The molecule has 1 aliphatic heterocycles. The summed E-state index contributed by atoms with van der Waals surface area (Å²) in [5, 5.41) is 13.4. The lowest BCUT2D eigenvalue weighted by Gasteiger charge is -2.34. The van der Waals surface area contributed by atoms with E-state index in [1.807, 2.05) is 12.1 Å². The molecular weight excluding hydrogens is 288 g/mol. The first-order valence-corrected chi connectivity index (χ1v) is 7.97. The predicted molar refractivity (Wildman–Crippen MR) is 87.1 cm³/mol. The van der Waals surface area contributed by atoms with Gasteiger partial charge in [0.15, 0.2) is 0 Å². The van der Waals surface area contributed by atoms with Crippen molar-refractivity contribution in [3.05, 3.63) is 28.8 Å². The van der Waals surface area contributed by atoms with Gasteiger partial charge < -0.3 is 20.1 Å². The third-order valence-electron chi connectivity index (χ3n) is 4.06. The average Bonchev–Trinajstić information content (AvgIpc) is 2.52. The number of rotatable bonds is 7. The number of methoxy groups -OCH3 is 1. The molecule has 4 nitrogen and oxygen atoms in total. The standard InChI is InChI=1S/C16H25ClN2O2/c1-21-10-7-18-11-14-3-2-4-15(17)16(14)19-8-5-13(12-20)6-9-19/h2-4,13,18,20H,5-12H2,1H3. The number of anilines is 1. The molecule has 1 aliphatic rings. The monoisotopic (exact) mass is 312 g/mol. The first kappa shape index (κ1) is 16.6. The second-order valence-corrected chi connectivity index (χ2v) is 5.94. The van der Waals surface area contributed by atoms with Gasteiger partial charge in [0.05, 0.1) is 17.3 Å². The van der Waals surface area contributed by atoms with E-state index in [2.05, 4.69) is 16.3 Å². The maximum absolute atomic E-state index is 9.26. The molecule has 1 heterocycles. The molecule has 1 saturated heterocycles. The summed E-state index contributed by atoms with van der Waals surface area (Å²) < 4.78 is 5.05. The molecule has 0 saturated carbocycles. The number of nitrogens with zero attached hydrogens (tertiary/aromatic N) is 1. The van der Waals surface area contributed by atoms with Gasteiger partial charge in [0, 0.05) is 39.9 Å². The average molecular weight is 313 g/mol. The van der Waals surface area contributed by atoms with E-state index in [1.54, 1.807) is 7.11 Å². The van der Waals surface area contributed by atoms with Crippen LogP contribution in [0.2, 0.25) is 5.02 Å². The van der Waals surface area contributed by atoms with Crippen LogP contribution in [0.5, 0.6) is 0 Å². The summed E-state index contributed by atoms with van der Waals surface area (Å²) in [5.74, 6) is 0.437. The van der Waals surface area contributed by atoms with Gasteiger partial charge in [-0.2, -0.15) is 0 Å². The molecule has 0 atom stereocenters. The van der Waals surface area contributed by atoms with Crippen molar-refractivity contribution in [1.29, 1.82) is 0 Å². The second kappa shape index (κ2) is 8.59. The summed E-state index contributed by atoms with van der Waals surface area (Å²) in [4.78, 5) is 2.35. The van der Waals surface area contributed by atoms with E-state index in [0.717, 1.165) is 49.7 Å². The lowest BCUT2D eigenvalue weighted by molar-refractivity contribution is 0.199. The van der Waals surface area contributed by atoms with Crippen LogP contribution in [-0.4, -0.2) is 45.1 Å². The number of para-hydroxylation sites is 1. The summed E-state index contributed by atoms with van der Waals surface area (Å²) in [7, 11) is 1.71. The topological polar surface area (TPSA) is 44.7 Å². The molecule has 0 unspecified atom stereocenters. The summed E-state index contributed by atoms with van der Waals surface area (Å²) in [6, 6.07) is 6.08. The van der Waals surface area contributed by atoms with Crippen LogP contribution in [0.25, 0.3) is 0 Å². The van der Waals surface area contributed by atoms with E-state index in [-0.39, 0.29) is 0 Å². The molecule has 1 fully saturated rings. The number of hydrogen-bond donors (Lipinski definition) is 2. The molecule has 0 amide bonds. The smallest absolute Gasteiger partial charge is 0.0642 e. The second-order valence-electron chi connectivity index (χ2n) is 5.53. The van der Waals surface area contributed by atoms with Gasteiger partial charge in [-0.1, -0.05) is 23.7 Å². The molecule has 0 bridgehead atoms. The van der Waals surface area contributed by atoms with Crippen molar-refractivity contribution in [3.8, 4) is 0 Å². The molecule has 0 aromatic heterocycles. The summed E-state index contributed by atoms with van der Waals surface area (Å²) in [6.45, 7) is 4.54. The molecule has 2 rings (SSSR count). The molecule has 1 aromatic rings. The van der Waals surface area contributed by atoms with Crippen molar-refractivity contribution >= 4 is 17.3 Å². The van der Waals surface area contributed by atoms with Gasteiger partial charge in [0.2, 0.25) is 0 Å². The summed E-state index contributed by atoms with van der Waals surface area (Å²) >= 11 is 6.43. The third-order valence-corrected chi connectivity index (χ3v) is 4.36. The van der Waals surface area contributed by atoms with E-state index in [9.17, 15) is 5.11 Å². The normalized spacial score (nSPS) is 16.4. The van der Waals surface area contributed by atoms with E-state index in [1.165, 1.54) is 5.56 Å². The van der Waals surface area contributed by atoms with Crippen molar-refractivity contribution in [1.82, 2.24) is 5.32 Å². The number of ether oxygens (including phenoxy) is 1. The minimum atomic E-state index is 0.293. The quantitative estimate of drug-likeness (QED) is 0.758. The number of halogens is 1. The van der Waals surface area contributed by atoms with Gasteiger partial charge in [-0.05, 0) is 30.4 Å². The Labute approximate surface area is 132 Å². The summed E-state index contributed by atoms with van der Waals surface area (Å²) in [6.07, 6.45) is 2.05. The Balaban J connectivity index is 2.03. The maximum atomic E-state index is 9.26. The Morgan fingerprint density at radius 2 is 2.14 bits per heavy atom. The molecule has 1 aromatic carbocycles. The van der Waals surface area contributed by atoms with Crippen molar-refractivity contribution < 1.29 is 9.84 Å². The van der Waals surface area contributed by atoms with Crippen molar-refractivity contribution in [2.45, 2.75) is 19.4 Å². The highest BCUT2D eigenvalue weighted by atomic mass is 35.5. The van der Waals surface area contributed by atoms with Crippen LogP contribution in [-0.2, 0) is 11.3 Å². The van der Waals surface area contributed by atoms with Gasteiger partial charge in [-0.3, -0.25) is 0 Å². The molecule has 0 radical (unpaired) electrons. The number of benzene rings is 1. The van der Waals surface area contributed by atoms with Gasteiger partial charge >= 0.3 is 0 Å². The number of hydrogen-bond acceptors (Lipinski definition) is 4. The number of nitrogens with one attached hydrogen (secondary N) is 1. The van der Waals surface area contributed by atoms with Gasteiger partial charge in [0.1, 0.15) is 0 Å². The molecule has 2 N–H and O–H groups in total. The Bertz CT molecular complexity index is 434. The molecule has 5 heteroatoms. The number of aliphatic hydroxyl groups excluding tert-OH is 1. The largest absolute Gasteiger partial charge is 0.396 e. The zero-order chi connectivity index (χ0) is 15.1. The first-order chi connectivity index (χ1) is 10.3. The highest BCUT2D eigenvalue weighted by Gasteiger charge is 2.22. The van der Waals surface area contributed by atoms with E-state index in [4.69, 9.17) is 16.3 Å². The highest BCUT2D eigenvalue weighted by Crippen LogP contribution is 2.33. The molecular formula is C16H25ClN2O2. The maximum Gasteiger partial charge on any atom is 0.0642 e. The first-order valence-electron chi connectivity index (χ1n) is 7.59. The summed E-state index contributed by atoms with van der Waals surface area (Å²) in [5.41, 5.74) is 2.36. The van der Waals surface area contributed by atoms with Crippen LogP contribution in [0.4, 0.5) is 5.69 Å². The number of aliphatic hydroxyl groups is 1. The van der Waals surface area contributed by atoms with Crippen LogP contribution < -0.4 is 10.2 Å². The molecule has 0 spiro atoms. The lowest BCUT2D eigenvalue weighted by Crippen LogP contribution is -2.36. The molecule has 118 valence electrons. The van der Waals surface area contributed by atoms with Crippen LogP contribution in [0, 0.1) is 5.92 Å². The fourth-order valence-corrected chi connectivity index (χ4v) is 3.11. The highest BCUT2D eigenvalue weighted by molar-refractivity contribution is 6.33. The number of piperidine rings is 1. The van der Waals surface area contributed by atoms with Crippen molar-refractivity contribution in [3.63, 3.8) is 0 Å². The minimum Gasteiger partial charge on any atom is -0.396 e. The Morgan fingerprint density at radius 1 is 1.38 bits per heavy atom. The van der Waals surface area contributed by atoms with Gasteiger partial charge in [-0.25, -0.2) is 0 Å². The predicted octanol–water partition coefficient (Wildman–Crippen LogP) is 2.28.